The lowest BCUT2D eigenvalue weighted by atomic mass is 9.80. The van der Waals surface area contributed by atoms with E-state index in [1.807, 2.05) is 6.92 Å². The number of aliphatic hydroxyl groups is 1. The third-order valence-corrected chi connectivity index (χ3v) is 9.81. The maximum absolute atomic E-state index is 15.2. The number of amides is 2. The van der Waals surface area contributed by atoms with Gasteiger partial charge in [-0.25, -0.2) is 12.7 Å². The first-order valence-corrected chi connectivity index (χ1v) is 15.1. The van der Waals surface area contributed by atoms with Crippen molar-refractivity contribution in [1.29, 1.82) is 0 Å². The van der Waals surface area contributed by atoms with Crippen molar-refractivity contribution in [2.45, 2.75) is 35.9 Å². The Morgan fingerprint density at radius 2 is 1.65 bits per heavy atom. The lowest BCUT2D eigenvalue weighted by Gasteiger charge is -2.42. The first-order chi connectivity index (χ1) is 20.4. The molecule has 2 aliphatic rings. The van der Waals surface area contributed by atoms with Gasteiger partial charge in [0, 0.05) is 37.8 Å². The highest BCUT2D eigenvalue weighted by atomic mass is 32.2. The van der Waals surface area contributed by atoms with Gasteiger partial charge in [0.25, 0.3) is 15.9 Å². The number of hydrogen-bond donors (Lipinski definition) is 1. The van der Waals surface area contributed by atoms with E-state index in [2.05, 4.69) is 0 Å². The number of ether oxygens (including phenoxy) is 3. The standard InChI is InChI=1S/C31H35N3O8S/c1-19-11-13-24-23(15-19)31(22-9-7-8-10-26(22)41-5,33-18-20(35)16-25(33)29(36)32(2)3)30(37)34(24)43(38,39)28-14-12-21(40-4)17-27(28)42-6/h7-15,17,20,25,35H,16,18H2,1-6H3/t20-,25+,31?/m1/s1. The Labute approximate surface area is 251 Å². The van der Waals surface area contributed by atoms with Crippen molar-refractivity contribution in [2.24, 2.45) is 0 Å². The van der Waals surface area contributed by atoms with E-state index in [1.54, 1.807) is 61.5 Å². The van der Waals surface area contributed by atoms with Crippen molar-refractivity contribution in [2.75, 3.05) is 46.3 Å². The average molecular weight is 610 g/mol. The molecule has 2 heterocycles. The SMILES string of the molecule is COc1ccc(S(=O)(=O)N2C(=O)C(c3ccccc3OC)(N3C[C@H](O)C[C@H]3C(=O)N(C)C)c3cc(C)ccc32)c(OC)c1. The van der Waals surface area contributed by atoms with Gasteiger partial charge in [-0.15, -0.1) is 0 Å². The maximum atomic E-state index is 15.2. The summed E-state index contributed by atoms with van der Waals surface area (Å²) in [5.74, 6) is -0.471. The lowest BCUT2D eigenvalue weighted by molar-refractivity contribution is -0.138. The predicted molar refractivity (Wildman–Crippen MR) is 159 cm³/mol. The van der Waals surface area contributed by atoms with Crippen molar-refractivity contribution in [1.82, 2.24) is 9.80 Å². The normalized spacial score (nSPS) is 21.9. The molecule has 3 aromatic carbocycles. The quantitative estimate of drug-likeness (QED) is 0.410. The van der Waals surface area contributed by atoms with Crippen molar-refractivity contribution in [3.8, 4) is 17.2 Å². The van der Waals surface area contributed by atoms with Crippen LogP contribution < -0.4 is 18.5 Å². The number of sulfonamides is 1. The summed E-state index contributed by atoms with van der Waals surface area (Å²) in [4.78, 5) is 31.6. The lowest BCUT2D eigenvalue weighted by Crippen LogP contribution is -2.59. The number of fused-ring (bicyclic) bond motifs is 1. The predicted octanol–water partition coefficient (Wildman–Crippen LogP) is 2.52. The zero-order valence-electron chi connectivity index (χ0n) is 24.9. The zero-order valence-corrected chi connectivity index (χ0v) is 25.7. The van der Waals surface area contributed by atoms with Gasteiger partial charge in [0.05, 0.1) is 39.2 Å². The van der Waals surface area contributed by atoms with Crippen LogP contribution in [-0.4, -0.2) is 89.3 Å². The van der Waals surface area contributed by atoms with Crippen LogP contribution in [0.15, 0.2) is 65.6 Å². The molecule has 0 saturated carbocycles. The Kier molecular flexibility index (Phi) is 7.88. The summed E-state index contributed by atoms with van der Waals surface area (Å²) in [7, 11) is 2.84. The van der Waals surface area contributed by atoms with Crippen LogP contribution in [0.4, 0.5) is 5.69 Å². The first kappa shape index (κ1) is 30.3. The highest BCUT2D eigenvalue weighted by Crippen LogP contribution is 2.55. The number of rotatable bonds is 8. The highest BCUT2D eigenvalue weighted by Gasteiger charge is 2.64. The van der Waals surface area contributed by atoms with Crippen LogP contribution in [0.1, 0.15) is 23.1 Å². The number of para-hydroxylation sites is 1. The molecule has 3 aromatic rings. The van der Waals surface area contributed by atoms with Gasteiger partial charge in [0.2, 0.25) is 5.91 Å². The second-order valence-corrected chi connectivity index (χ2v) is 12.6. The smallest absolute Gasteiger partial charge is 0.274 e. The third kappa shape index (κ3) is 4.60. The minimum absolute atomic E-state index is 0.00661. The Morgan fingerprint density at radius 1 is 0.953 bits per heavy atom. The number of aliphatic hydroxyl groups excluding tert-OH is 1. The van der Waals surface area contributed by atoms with Crippen molar-refractivity contribution >= 4 is 27.5 Å². The number of carbonyl (C=O) groups is 2. The van der Waals surface area contributed by atoms with Crippen LogP contribution in [0.3, 0.4) is 0 Å². The minimum atomic E-state index is -4.60. The van der Waals surface area contributed by atoms with Crippen molar-refractivity contribution < 1.29 is 37.3 Å². The fraction of sp³-hybridized carbons (Fsp3) is 0.355. The monoisotopic (exact) mass is 609 g/mol. The Morgan fingerprint density at radius 3 is 2.30 bits per heavy atom. The number of methoxy groups -OCH3 is 3. The Balaban J connectivity index is 1.86. The molecule has 12 heteroatoms. The second kappa shape index (κ2) is 11.2. The molecule has 0 aliphatic carbocycles. The summed E-state index contributed by atoms with van der Waals surface area (Å²) in [6.07, 6.45) is -0.893. The number of benzene rings is 3. The fourth-order valence-electron chi connectivity index (χ4n) is 6.17. The molecule has 228 valence electrons. The zero-order chi connectivity index (χ0) is 31.3. The maximum Gasteiger partial charge on any atom is 0.274 e. The number of likely N-dealkylation sites (tertiary alicyclic amines) is 1. The summed E-state index contributed by atoms with van der Waals surface area (Å²) in [5, 5.41) is 10.9. The molecule has 2 amide bonds. The molecule has 0 radical (unpaired) electrons. The number of aryl methyl sites for hydroxylation is 1. The molecule has 11 nitrogen and oxygen atoms in total. The van der Waals surface area contributed by atoms with E-state index in [9.17, 15) is 18.3 Å². The summed E-state index contributed by atoms with van der Waals surface area (Å²) in [5.41, 5.74) is -0.267. The van der Waals surface area contributed by atoms with Crippen LogP contribution in [0.25, 0.3) is 0 Å². The number of likely N-dealkylation sites (N-methyl/N-ethyl adjacent to an activating group) is 1. The van der Waals surface area contributed by atoms with E-state index < -0.39 is 33.6 Å². The molecule has 1 fully saturated rings. The number of anilines is 1. The van der Waals surface area contributed by atoms with Crippen LogP contribution >= 0.6 is 0 Å². The molecular weight excluding hydrogens is 574 g/mol. The van der Waals surface area contributed by atoms with Crippen molar-refractivity contribution in [3.05, 3.63) is 77.4 Å². The summed E-state index contributed by atoms with van der Waals surface area (Å²) >= 11 is 0. The van der Waals surface area contributed by atoms with Crippen LogP contribution in [0, 0.1) is 6.92 Å². The summed E-state index contributed by atoms with van der Waals surface area (Å²) in [6, 6.07) is 15.2. The topological polar surface area (TPSA) is 126 Å². The molecule has 5 rings (SSSR count). The van der Waals surface area contributed by atoms with Gasteiger partial charge in [-0.1, -0.05) is 35.9 Å². The molecule has 0 spiro atoms. The fourth-order valence-corrected chi connectivity index (χ4v) is 7.77. The molecule has 0 aromatic heterocycles. The molecule has 3 atom stereocenters. The first-order valence-electron chi connectivity index (χ1n) is 13.7. The number of hydrogen-bond acceptors (Lipinski definition) is 9. The van der Waals surface area contributed by atoms with Gasteiger partial charge < -0.3 is 24.2 Å². The van der Waals surface area contributed by atoms with Crippen LogP contribution in [0.5, 0.6) is 17.2 Å². The number of β-amino-alcohol motifs (C(OH)–C–C–N with tert-alkyl or cyclic N) is 1. The largest absolute Gasteiger partial charge is 0.497 e. The molecule has 0 bridgehead atoms. The molecule has 43 heavy (non-hydrogen) atoms. The van der Waals surface area contributed by atoms with Gasteiger partial charge >= 0.3 is 0 Å². The Bertz CT molecular complexity index is 1690. The molecule has 1 saturated heterocycles. The molecule has 1 N–H and O–H groups in total. The van der Waals surface area contributed by atoms with Gasteiger partial charge in [0.1, 0.15) is 22.1 Å². The van der Waals surface area contributed by atoms with Crippen LogP contribution in [-0.2, 0) is 25.2 Å². The Hall–Kier alpha value is -4.13. The number of nitrogens with zero attached hydrogens (tertiary/aromatic N) is 3. The van der Waals surface area contributed by atoms with E-state index in [0.717, 1.165) is 9.87 Å². The molecule has 2 aliphatic heterocycles. The van der Waals surface area contributed by atoms with Gasteiger partial charge in [-0.3, -0.25) is 14.5 Å². The third-order valence-electron chi connectivity index (χ3n) is 8.08. The van der Waals surface area contributed by atoms with E-state index >= 15 is 4.79 Å². The number of carbonyl (C=O) groups excluding carboxylic acids is 2. The van der Waals surface area contributed by atoms with Gasteiger partial charge in [-0.2, -0.15) is 0 Å². The van der Waals surface area contributed by atoms with Gasteiger partial charge in [0.15, 0.2) is 5.54 Å². The minimum Gasteiger partial charge on any atom is -0.497 e. The van der Waals surface area contributed by atoms with E-state index in [-0.39, 0.29) is 35.2 Å². The molecular formula is C31H35N3O8S. The van der Waals surface area contributed by atoms with Gasteiger partial charge in [-0.05, 0) is 37.6 Å². The highest BCUT2D eigenvalue weighted by molar-refractivity contribution is 7.93. The average Bonchev–Trinajstić information content (AvgIpc) is 3.50. The summed E-state index contributed by atoms with van der Waals surface area (Å²) < 4.78 is 46.3. The van der Waals surface area contributed by atoms with E-state index in [1.165, 1.54) is 44.4 Å². The van der Waals surface area contributed by atoms with Crippen molar-refractivity contribution in [3.63, 3.8) is 0 Å². The second-order valence-electron chi connectivity index (χ2n) is 10.8. The summed E-state index contributed by atoms with van der Waals surface area (Å²) in [6.45, 7) is 1.77. The van der Waals surface area contributed by atoms with Crippen LogP contribution in [0.2, 0.25) is 0 Å². The molecule has 1 unspecified atom stereocenters. The van der Waals surface area contributed by atoms with E-state index in [0.29, 0.717) is 22.6 Å². The van der Waals surface area contributed by atoms with E-state index in [4.69, 9.17) is 14.2 Å².